The van der Waals surface area contributed by atoms with Gasteiger partial charge in [-0.3, -0.25) is 0 Å². The number of carbonyl (C=O) groups is 2. The van der Waals surface area contributed by atoms with Gasteiger partial charge in [0.1, 0.15) is 0 Å². The van der Waals surface area contributed by atoms with Gasteiger partial charge in [0.2, 0.25) is 0 Å². The Hall–Kier alpha value is -2.04. The smallest absolute Gasteiger partial charge is 0.315 e. The second-order valence-corrected chi connectivity index (χ2v) is 4.80. The number of benzene rings is 1. The van der Waals surface area contributed by atoms with Crippen LogP contribution in [0.25, 0.3) is 0 Å². The second-order valence-electron chi connectivity index (χ2n) is 4.80. The molecule has 1 aliphatic rings. The van der Waals surface area contributed by atoms with Crippen molar-refractivity contribution in [2.24, 2.45) is 0 Å². The molecule has 19 heavy (non-hydrogen) atoms. The molecule has 5 nitrogen and oxygen atoms in total. The molecule has 2 atom stereocenters. The molecule has 0 bridgehead atoms. The highest BCUT2D eigenvalue weighted by atomic mass is 16.4. The molecule has 2 N–H and O–H groups in total. The molecule has 0 saturated carbocycles. The van der Waals surface area contributed by atoms with E-state index >= 15 is 0 Å². The molecule has 102 valence electrons. The number of hydrogen-bond acceptors (Lipinski definition) is 3. The first-order valence-corrected chi connectivity index (χ1v) is 6.43. The highest BCUT2D eigenvalue weighted by Crippen LogP contribution is 2.29. The van der Waals surface area contributed by atoms with Crippen molar-refractivity contribution in [3.8, 4) is 0 Å². The number of aryl methyl sites for hydroxylation is 1. The minimum Gasteiger partial charge on any atom is -0.548 e. The van der Waals surface area contributed by atoms with Crippen molar-refractivity contribution in [3.05, 3.63) is 35.4 Å². The average Bonchev–Trinajstić information content (AvgIpc) is 2.39. The molecule has 2 rings (SSSR count). The van der Waals surface area contributed by atoms with Crippen molar-refractivity contribution < 1.29 is 14.7 Å². The maximum Gasteiger partial charge on any atom is 0.315 e. The summed E-state index contributed by atoms with van der Waals surface area (Å²) < 4.78 is 0. The van der Waals surface area contributed by atoms with Crippen molar-refractivity contribution >= 4 is 12.0 Å². The van der Waals surface area contributed by atoms with E-state index in [1.54, 1.807) is 0 Å². The van der Waals surface area contributed by atoms with Crippen molar-refractivity contribution in [1.29, 1.82) is 0 Å². The van der Waals surface area contributed by atoms with Gasteiger partial charge in [-0.1, -0.05) is 24.3 Å². The first-order chi connectivity index (χ1) is 9.08. The van der Waals surface area contributed by atoms with Gasteiger partial charge >= 0.3 is 6.03 Å². The van der Waals surface area contributed by atoms with E-state index in [4.69, 9.17) is 0 Å². The molecule has 2 amide bonds. The maximum atomic E-state index is 11.7. The zero-order valence-electron chi connectivity index (χ0n) is 10.8. The number of rotatable bonds is 3. The van der Waals surface area contributed by atoms with Gasteiger partial charge in [-0.25, -0.2) is 4.79 Å². The Kier molecular flexibility index (Phi) is 4.04. The predicted molar refractivity (Wildman–Crippen MR) is 68.3 cm³/mol. The highest BCUT2D eigenvalue weighted by Gasteiger charge is 2.21. The summed E-state index contributed by atoms with van der Waals surface area (Å²) in [6, 6.07) is 6.46. The van der Waals surface area contributed by atoms with Crippen LogP contribution in [0.1, 0.15) is 36.9 Å². The van der Waals surface area contributed by atoms with Gasteiger partial charge in [0.15, 0.2) is 0 Å². The van der Waals surface area contributed by atoms with Gasteiger partial charge in [0, 0.05) is 0 Å². The van der Waals surface area contributed by atoms with Crippen LogP contribution in [-0.4, -0.2) is 18.0 Å². The molecule has 1 aliphatic carbocycles. The number of hydrogen-bond donors (Lipinski definition) is 2. The predicted octanol–water partition coefficient (Wildman–Crippen LogP) is 0.502. The third-order valence-electron chi connectivity index (χ3n) is 3.38. The molecular weight excluding hydrogens is 244 g/mol. The van der Waals surface area contributed by atoms with Crippen LogP contribution in [0, 0.1) is 0 Å². The van der Waals surface area contributed by atoms with Crippen molar-refractivity contribution in [1.82, 2.24) is 10.6 Å². The first-order valence-electron chi connectivity index (χ1n) is 6.43. The van der Waals surface area contributed by atoms with Gasteiger partial charge in [-0.05, 0) is 37.3 Å². The van der Waals surface area contributed by atoms with Gasteiger partial charge < -0.3 is 20.5 Å². The largest absolute Gasteiger partial charge is 0.548 e. The van der Waals surface area contributed by atoms with E-state index in [9.17, 15) is 14.7 Å². The average molecular weight is 261 g/mol. The molecule has 1 aromatic carbocycles. The van der Waals surface area contributed by atoms with E-state index in [1.165, 1.54) is 12.5 Å². The molecule has 0 aliphatic heterocycles. The van der Waals surface area contributed by atoms with Crippen LogP contribution in [0.4, 0.5) is 4.79 Å². The lowest BCUT2D eigenvalue weighted by Gasteiger charge is -2.27. The quantitative estimate of drug-likeness (QED) is 0.831. The molecule has 1 aromatic rings. The minimum absolute atomic E-state index is 0.0566. The molecule has 0 spiro atoms. The molecule has 0 heterocycles. The zero-order valence-corrected chi connectivity index (χ0v) is 10.8. The molecule has 0 fully saturated rings. The summed E-state index contributed by atoms with van der Waals surface area (Å²) >= 11 is 0. The summed E-state index contributed by atoms with van der Waals surface area (Å²) in [6.07, 6.45) is 2.90. The Morgan fingerprint density at radius 2 is 2.11 bits per heavy atom. The summed E-state index contributed by atoms with van der Waals surface area (Å²) in [5, 5.41) is 15.7. The number of fused-ring (bicyclic) bond motifs is 1. The Morgan fingerprint density at radius 1 is 1.37 bits per heavy atom. The lowest BCUT2D eigenvalue weighted by Crippen LogP contribution is -2.50. The van der Waals surface area contributed by atoms with E-state index in [0.29, 0.717) is 0 Å². The van der Waals surface area contributed by atoms with Crippen molar-refractivity contribution in [2.75, 3.05) is 0 Å². The van der Waals surface area contributed by atoms with Gasteiger partial charge in [-0.2, -0.15) is 0 Å². The van der Waals surface area contributed by atoms with Crippen LogP contribution in [-0.2, 0) is 11.2 Å². The van der Waals surface area contributed by atoms with Crippen LogP contribution >= 0.6 is 0 Å². The highest BCUT2D eigenvalue weighted by molar-refractivity contribution is 5.81. The van der Waals surface area contributed by atoms with E-state index in [1.807, 2.05) is 18.2 Å². The summed E-state index contributed by atoms with van der Waals surface area (Å²) in [6.45, 7) is 1.38. The molecule has 5 heteroatoms. The van der Waals surface area contributed by atoms with E-state index in [-0.39, 0.29) is 6.04 Å². The van der Waals surface area contributed by atoms with Crippen LogP contribution in [0.3, 0.4) is 0 Å². The number of urea groups is 1. The molecule has 0 unspecified atom stereocenters. The molecule has 0 aromatic heterocycles. The fraction of sp³-hybridized carbons (Fsp3) is 0.429. The fourth-order valence-electron chi connectivity index (χ4n) is 2.36. The Balaban J connectivity index is 2.01. The summed E-state index contributed by atoms with van der Waals surface area (Å²) in [5.74, 6) is -1.29. The first kappa shape index (κ1) is 13.4. The Labute approximate surface area is 112 Å². The van der Waals surface area contributed by atoms with E-state index in [0.717, 1.165) is 24.8 Å². The monoisotopic (exact) mass is 261 g/mol. The molecule has 0 radical (unpaired) electrons. The van der Waals surface area contributed by atoms with E-state index < -0.39 is 18.0 Å². The van der Waals surface area contributed by atoms with Crippen molar-refractivity contribution in [2.45, 2.75) is 38.3 Å². The third-order valence-corrected chi connectivity index (χ3v) is 3.38. The normalized spacial score (nSPS) is 19.1. The number of nitrogens with one attached hydrogen (secondary N) is 2. The summed E-state index contributed by atoms with van der Waals surface area (Å²) in [5.41, 5.74) is 2.36. The maximum absolute atomic E-state index is 11.7. The molecule has 0 saturated heterocycles. The third kappa shape index (κ3) is 3.24. The minimum atomic E-state index is -1.29. The van der Waals surface area contributed by atoms with Crippen molar-refractivity contribution in [3.63, 3.8) is 0 Å². The lowest BCUT2D eigenvalue weighted by molar-refractivity contribution is -0.307. The summed E-state index contributed by atoms with van der Waals surface area (Å²) in [4.78, 5) is 22.3. The van der Waals surface area contributed by atoms with Crippen LogP contribution in [0.5, 0.6) is 0 Å². The number of carbonyl (C=O) groups excluding carboxylic acids is 2. The number of amides is 2. The van der Waals surface area contributed by atoms with Gasteiger partial charge in [-0.15, -0.1) is 0 Å². The van der Waals surface area contributed by atoms with Crippen LogP contribution < -0.4 is 15.7 Å². The zero-order chi connectivity index (χ0) is 13.8. The Morgan fingerprint density at radius 3 is 2.84 bits per heavy atom. The number of carboxylic acid groups (broad SMARTS) is 1. The SMILES string of the molecule is C[C@H](NC(=O)N[C@H]1CCCc2ccccc21)C(=O)[O-]. The standard InChI is InChI=1S/C14H18N2O3/c1-9(13(17)18)15-14(19)16-12-8-4-6-10-5-2-3-7-11(10)12/h2-3,5,7,9,12H,4,6,8H2,1H3,(H,17,18)(H2,15,16,19)/p-1/t9-,12-/m0/s1. The fourth-order valence-corrected chi connectivity index (χ4v) is 2.36. The second kappa shape index (κ2) is 5.73. The number of carboxylic acids is 1. The van der Waals surface area contributed by atoms with Gasteiger partial charge in [0.05, 0.1) is 18.1 Å². The van der Waals surface area contributed by atoms with Crippen LogP contribution in [0.2, 0.25) is 0 Å². The van der Waals surface area contributed by atoms with Crippen LogP contribution in [0.15, 0.2) is 24.3 Å². The lowest BCUT2D eigenvalue weighted by atomic mass is 9.88. The Bertz CT molecular complexity index is 487. The molecular formula is C14H17N2O3-. The topological polar surface area (TPSA) is 81.3 Å². The summed E-state index contributed by atoms with van der Waals surface area (Å²) in [7, 11) is 0. The van der Waals surface area contributed by atoms with E-state index in [2.05, 4.69) is 16.7 Å². The number of aliphatic carboxylic acids is 1. The van der Waals surface area contributed by atoms with Gasteiger partial charge in [0.25, 0.3) is 0 Å².